The van der Waals surface area contributed by atoms with Crippen molar-refractivity contribution in [2.75, 3.05) is 6.54 Å². The number of carbonyl (C=O) groups is 1. The lowest BCUT2D eigenvalue weighted by Gasteiger charge is -2.06. The van der Waals surface area contributed by atoms with Crippen LogP contribution < -0.4 is 11.5 Å². The van der Waals surface area contributed by atoms with Crippen molar-refractivity contribution in [2.45, 2.75) is 32.1 Å². The minimum atomic E-state index is -0.255. The summed E-state index contributed by atoms with van der Waals surface area (Å²) in [6, 6.07) is 17.0. The molecule has 0 aliphatic carbocycles. The second-order valence-corrected chi connectivity index (χ2v) is 5.61. The molecule has 0 unspecified atom stereocenters. The summed E-state index contributed by atoms with van der Waals surface area (Å²) < 4.78 is 0. The van der Waals surface area contributed by atoms with Gasteiger partial charge in [-0.2, -0.15) is 0 Å². The minimum absolute atomic E-state index is 0.255. The van der Waals surface area contributed by atoms with Crippen LogP contribution in [0.4, 0.5) is 0 Å². The van der Waals surface area contributed by atoms with Gasteiger partial charge in [0.15, 0.2) is 0 Å². The molecule has 0 aromatic heterocycles. The Morgan fingerprint density at radius 3 is 1.73 bits per heavy atom. The Morgan fingerprint density at radius 1 is 0.773 bits per heavy atom. The Balaban J connectivity index is 1.97. The van der Waals surface area contributed by atoms with Crippen molar-refractivity contribution < 1.29 is 4.79 Å². The molecule has 4 N–H and O–H groups in total. The first kappa shape index (κ1) is 16.2. The lowest BCUT2D eigenvalue weighted by atomic mass is 9.99. The molecule has 0 atom stereocenters. The largest absolute Gasteiger partial charge is 0.370 e. The van der Waals surface area contributed by atoms with Gasteiger partial charge in [-0.05, 0) is 54.5 Å². The number of hydrogen-bond donors (Lipinski definition) is 2. The van der Waals surface area contributed by atoms with Gasteiger partial charge >= 0.3 is 0 Å². The van der Waals surface area contributed by atoms with E-state index >= 15 is 0 Å². The minimum Gasteiger partial charge on any atom is -0.370 e. The number of hydrogen-bond acceptors (Lipinski definition) is 2. The highest BCUT2D eigenvalue weighted by Gasteiger charge is 2.01. The molecule has 2 aromatic carbocycles. The van der Waals surface area contributed by atoms with Crippen LogP contribution in [0.5, 0.6) is 0 Å². The summed E-state index contributed by atoms with van der Waals surface area (Å²) in [6.07, 6.45) is 4.41. The van der Waals surface area contributed by atoms with Gasteiger partial charge in [0.1, 0.15) is 0 Å². The van der Waals surface area contributed by atoms with Gasteiger partial charge in [-0.15, -0.1) is 0 Å². The predicted octanol–water partition coefficient (Wildman–Crippen LogP) is 3.05. The molecule has 1 amide bonds. The maximum absolute atomic E-state index is 10.8. The van der Waals surface area contributed by atoms with E-state index in [2.05, 4.69) is 48.5 Å². The first-order chi connectivity index (χ1) is 10.7. The van der Waals surface area contributed by atoms with Gasteiger partial charge < -0.3 is 11.5 Å². The number of nitrogens with two attached hydrogens (primary N) is 2. The van der Waals surface area contributed by atoms with Crippen molar-refractivity contribution in [3.05, 3.63) is 59.7 Å². The van der Waals surface area contributed by atoms with Gasteiger partial charge in [-0.1, -0.05) is 48.5 Å². The molecule has 22 heavy (non-hydrogen) atoms. The molecule has 2 rings (SSSR count). The number of benzene rings is 2. The monoisotopic (exact) mass is 296 g/mol. The summed E-state index contributed by atoms with van der Waals surface area (Å²) in [7, 11) is 0. The second-order valence-electron chi connectivity index (χ2n) is 5.61. The van der Waals surface area contributed by atoms with Crippen LogP contribution >= 0.6 is 0 Å². The summed E-state index contributed by atoms with van der Waals surface area (Å²) in [4.78, 5) is 10.8. The van der Waals surface area contributed by atoms with Crippen molar-refractivity contribution in [3.63, 3.8) is 0 Å². The molecule has 0 fully saturated rings. The fourth-order valence-electron chi connectivity index (χ4n) is 2.47. The zero-order chi connectivity index (χ0) is 15.8. The van der Waals surface area contributed by atoms with Crippen LogP contribution in [0.2, 0.25) is 0 Å². The number of primary amides is 1. The summed E-state index contributed by atoms with van der Waals surface area (Å²) in [5.74, 6) is -0.255. The van der Waals surface area contributed by atoms with Crippen LogP contribution in [-0.4, -0.2) is 12.5 Å². The van der Waals surface area contributed by atoms with E-state index in [1.54, 1.807) is 0 Å². The fourth-order valence-corrected chi connectivity index (χ4v) is 2.47. The van der Waals surface area contributed by atoms with E-state index in [9.17, 15) is 4.79 Å². The lowest BCUT2D eigenvalue weighted by Crippen LogP contribution is -2.11. The van der Waals surface area contributed by atoms with Crippen LogP contribution in [0.1, 0.15) is 30.4 Å². The predicted molar refractivity (Wildman–Crippen MR) is 91.4 cm³/mol. The normalized spacial score (nSPS) is 10.6. The molecule has 3 heteroatoms. The number of amides is 1. The van der Waals surface area contributed by atoms with Gasteiger partial charge in [0.05, 0.1) is 0 Å². The number of carbonyl (C=O) groups excluding carboxylic acids is 1. The van der Waals surface area contributed by atoms with Crippen molar-refractivity contribution in [3.8, 4) is 11.1 Å². The topological polar surface area (TPSA) is 69.1 Å². The van der Waals surface area contributed by atoms with E-state index in [1.807, 2.05) is 0 Å². The average Bonchev–Trinajstić information content (AvgIpc) is 2.54. The molecular formula is C19H24N2O. The molecule has 0 aliphatic rings. The summed E-state index contributed by atoms with van der Waals surface area (Å²) in [5.41, 5.74) is 15.6. The quantitative estimate of drug-likeness (QED) is 0.735. The van der Waals surface area contributed by atoms with E-state index in [0.717, 1.165) is 31.4 Å². The van der Waals surface area contributed by atoms with Crippen molar-refractivity contribution in [2.24, 2.45) is 11.5 Å². The van der Waals surface area contributed by atoms with E-state index in [0.29, 0.717) is 12.8 Å². The number of unbranched alkanes of at least 4 members (excludes halogenated alkanes) is 1. The zero-order valence-corrected chi connectivity index (χ0v) is 12.9. The van der Waals surface area contributed by atoms with E-state index in [1.165, 1.54) is 16.7 Å². The first-order valence-corrected chi connectivity index (χ1v) is 7.85. The lowest BCUT2D eigenvalue weighted by molar-refractivity contribution is -0.117. The van der Waals surface area contributed by atoms with E-state index in [4.69, 9.17) is 11.5 Å². The van der Waals surface area contributed by atoms with Crippen LogP contribution in [0.15, 0.2) is 48.5 Å². The molecule has 0 aliphatic heterocycles. The maximum atomic E-state index is 10.8. The van der Waals surface area contributed by atoms with Crippen LogP contribution in [0.25, 0.3) is 11.1 Å². The molecule has 0 heterocycles. The number of rotatable bonds is 8. The standard InChI is InChI=1S/C19H24N2O/c20-14-2-1-3-15-4-9-17(10-5-15)18-11-6-16(7-12-18)8-13-19(21)22/h4-7,9-12H,1-3,8,13-14,20H2,(H2,21,22). The molecule has 0 saturated heterocycles. The second kappa shape index (κ2) is 8.35. The SMILES string of the molecule is NCCCCc1ccc(-c2ccc(CCC(N)=O)cc2)cc1. The third-order valence-electron chi connectivity index (χ3n) is 3.82. The molecule has 3 nitrogen and oxygen atoms in total. The summed E-state index contributed by atoms with van der Waals surface area (Å²) in [6.45, 7) is 0.764. The average molecular weight is 296 g/mol. The van der Waals surface area contributed by atoms with Gasteiger partial charge in [0, 0.05) is 6.42 Å². The van der Waals surface area contributed by atoms with Gasteiger partial charge in [-0.3, -0.25) is 4.79 Å². The molecule has 0 spiro atoms. The van der Waals surface area contributed by atoms with E-state index in [-0.39, 0.29) is 5.91 Å². The zero-order valence-electron chi connectivity index (χ0n) is 12.9. The molecule has 0 radical (unpaired) electrons. The van der Waals surface area contributed by atoms with Crippen molar-refractivity contribution in [1.29, 1.82) is 0 Å². The van der Waals surface area contributed by atoms with Gasteiger partial charge in [0.2, 0.25) is 5.91 Å². The van der Waals surface area contributed by atoms with Crippen LogP contribution in [0, 0.1) is 0 Å². The highest BCUT2D eigenvalue weighted by Crippen LogP contribution is 2.21. The van der Waals surface area contributed by atoms with Gasteiger partial charge in [-0.25, -0.2) is 0 Å². The highest BCUT2D eigenvalue weighted by atomic mass is 16.1. The fraction of sp³-hybridized carbons (Fsp3) is 0.316. The van der Waals surface area contributed by atoms with Crippen LogP contribution in [0.3, 0.4) is 0 Å². The molecule has 2 aromatic rings. The number of aryl methyl sites for hydroxylation is 2. The molecular weight excluding hydrogens is 272 g/mol. The molecule has 0 bridgehead atoms. The highest BCUT2D eigenvalue weighted by molar-refractivity contribution is 5.74. The Kier molecular flexibility index (Phi) is 6.16. The Bertz CT molecular complexity index is 588. The molecule has 116 valence electrons. The third kappa shape index (κ3) is 5.01. The Morgan fingerprint density at radius 2 is 1.27 bits per heavy atom. The Labute approximate surface area is 132 Å². The smallest absolute Gasteiger partial charge is 0.217 e. The Hall–Kier alpha value is -2.13. The van der Waals surface area contributed by atoms with Crippen molar-refractivity contribution in [1.82, 2.24) is 0 Å². The third-order valence-corrected chi connectivity index (χ3v) is 3.82. The summed E-state index contributed by atoms with van der Waals surface area (Å²) in [5, 5.41) is 0. The van der Waals surface area contributed by atoms with Gasteiger partial charge in [0.25, 0.3) is 0 Å². The molecule has 0 saturated carbocycles. The van der Waals surface area contributed by atoms with Crippen molar-refractivity contribution >= 4 is 5.91 Å². The van der Waals surface area contributed by atoms with E-state index < -0.39 is 0 Å². The van der Waals surface area contributed by atoms with Crippen LogP contribution in [-0.2, 0) is 17.6 Å². The maximum Gasteiger partial charge on any atom is 0.217 e. The summed E-state index contributed by atoms with van der Waals surface area (Å²) >= 11 is 0. The first-order valence-electron chi connectivity index (χ1n) is 7.85.